The Labute approximate surface area is 243 Å². The molecule has 0 spiro atoms. The summed E-state index contributed by atoms with van der Waals surface area (Å²) in [5.41, 5.74) is 5.00. The number of ether oxygens (including phenoxy) is 2. The van der Waals surface area contributed by atoms with Gasteiger partial charge in [-0.05, 0) is 65.9 Å². The molecule has 8 heteroatoms. The molecule has 0 radical (unpaired) electrons. The lowest BCUT2D eigenvalue weighted by atomic mass is 9.82. The maximum absolute atomic E-state index is 12.0. The number of nitrogens with one attached hydrogen (secondary N) is 1. The number of anilines is 1. The van der Waals surface area contributed by atoms with Crippen molar-refractivity contribution in [1.82, 2.24) is 9.97 Å². The van der Waals surface area contributed by atoms with Crippen LogP contribution in [-0.2, 0) is 11.2 Å². The van der Waals surface area contributed by atoms with Crippen LogP contribution in [0.3, 0.4) is 0 Å². The molecule has 7 nitrogen and oxygen atoms in total. The van der Waals surface area contributed by atoms with Gasteiger partial charge in [-0.15, -0.1) is 0 Å². The molecule has 3 heterocycles. The predicted octanol–water partition coefficient (Wildman–Crippen LogP) is 7.60. The highest BCUT2D eigenvalue weighted by Gasteiger charge is 2.35. The van der Waals surface area contributed by atoms with E-state index in [4.69, 9.17) is 21.1 Å². The van der Waals surface area contributed by atoms with E-state index in [1.165, 1.54) is 11.1 Å². The minimum Gasteiger partial charge on any atom is -0.478 e. The van der Waals surface area contributed by atoms with Crippen LogP contribution in [0, 0.1) is 0 Å². The Balaban J connectivity index is 1.21. The van der Waals surface area contributed by atoms with Crippen molar-refractivity contribution in [3.8, 4) is 22.6 Å². The highest BCUT2D eigenvalue weighted by atomic mass is 35.5. The lowest BCUT2D eigenvalue weighted by molar-refractivity contribution is -0.0288. The number of halogens is 1. The molecule has 0 saturated carbocycles. The van der Waals surface area contributed by atoms with Gasteiger partial charge in [-0.25, -0.2) is 9.78 Å². The van der Waals surface area contributed by atoms with Crippen molar-refractivity contribution in [3.63, 3.8) is 0 Å². The van der Waals surface area contributed by atoms with Crippen LogP contribution in [0.25, 0.3) is 22.2 Å². The molecule has 1 saturated heterocycles. The van der Waals surface area contributed by atoms with Crippen molar-refractivity contribution >= 4 is 34.3 Å². The van der Waals surface area contributed by atoms with Crippen molar-refractivity contribution in [2.75, 3.05) is 25.1 Å². The van der Waals surface area contributed by atoms with E-state index >= 15 is 0 Å². The SMILES string of the molecule is COC1(Cc2ccccc2-c2ccc(Cl)cc2)CCN(c2ccc(C(=O)O)c(Oc3cnc4[nH]ccc4c3)c2)CC1. The molecule has 5 aromatic rings. The number of hydrogen-bond acceptors (Lipinski definition) is 5. The third kappa shape index (κ3) is 5.64. The fraction of sp³-hybridized carbons (Fsp3) is 0.212. The summed E-state index contributed by atoms with van der Waals surface area (Å²) < 4.78 is 12.3. The molecule has 208 valence electrons. The van der Waals surface area contributed by atoms with E-state index in [0.29, 0.717) is 5.75 Å². The van der Waals surface area contributed by atoms with E-state index in [2.05, 4.69) is 51.3 Å². The van der Waals surface area contributed by atoms with Gasteiger partial charge in [0.2, 0.25) is 0 Å². The number of carboxylic acids is 1. The average molecular weight is 568 g/mol. The molecule has 0 atom stereocenters. The number of piperidine rings is 1. The smallest absolute Gasteiger partial charge is 0.339 e. The summed E-state index contributed by atoms with van der Waals surface area (Å²) in [6.45, 7) is 1.53. The second-order valence-corrected chi connectivity index (χ2v) is 10.8. The molecule has 3 aromatic carbocycles. The molecule has 0 bridgehead atoms. The zero-order chi connectivity index (χ0) is 28.4. The molecule has 0 amide bonds. The number of aromatic carboxylic acids is 1. The van der Waals surface area contributed by atoms with E-state index in [0.717, 1.165) is 59.7 Å². The lowest BCUT2D eigenvalue weighted by Crippen LogP contribution is -2.47. The first-order chi connectivity index (χ1) is 19.9. The highest BCUT2D eigenvalue weighted by Crippen LogP contribution is 2.37. The summed E-state index contributed by atoms with van der Waals surface area (Å²) in [5.74, 6) is -0.279. The summed E-state index contributed by atoms with van der Waals surface area (Å²) in [7, 11) is 1.80. The number of nitrogens with zero attached hydrogens (tertiary/aromatic N) is 2. The van der Waals surface area contributed by atoms with Gasteiger partial charge in [0.05, 0.1) is 11.8 Å². The lowest BCUT2D eigenvalue weighted by Gasteiger charge is -2.42. The maximum Gasteiger partial charge on any atom is 0.339 e. The summed E-state index contributed by atoms with van der Waals surface area (Å²) in [6, 6.07) is 25.4. The second kappa shape index (κ2) is 11.3. The Morgan fingerprint density at radius 3 is 2.59 bits per heavy atom. The van der Waals surface area contributed by atoms with Crippen LogP contribution < -0.4 is 9.64 Å². The summed E-state index contributed by atoms with van der Waals surface area (Å²) in [4.78, 5) is 21.6. The van der Waals surface area contributed by atoms with Crippen molar-refractivity contribution in [1.29, 1.82) is 0 Å². The molecule has 2 aromatic heterocycles. The van der Waals surface area contributed by atoms with Gasteiger partial charge in [-0.3, -0.25) is 0 Å². The zero-order valence-corrected chi connectivity index (χ0v) is 23.4. The molecular formula is C33H30ClN3O4. The van der Waals surface area contributed by atoms with Crippen LogP contribution in [0.4, 0.5) is 5.69 Å². The largest absolute Gasteiger partial charge is 0.478 e. The van der Waals surface area contributed by atoms with Gasteiger partial charge in [-0.2, -0.15) is 0 Å². The number of fused-ring (bicyclic) bond motifs is 1. The Kier molecular flexibility index (Phi) is 7.39. The number of carbonyl (C=O) groups is 1. The predicted molar refractivity (Wildman–Crippen MR) is 161 cm³/mol. The topological polar surface area (TPSA) is 87.7 Å². The van der Waals surface area contributed by atoms with Gasteiger partial charge >= 0.3 is 5.97 Å². The number of H-pyrrole nitrogens is 1. The minimum absolute atomic E-state index is 0.102. The van der Waals surface area contributed by atoms with Crippen LogP contribution in [0.2, 0.25) is 5.02 Å². The first-order valence-corrected chi connectivity index (χ1v) is 13.9. The van der Waals surface area contributed by atoms with Gasteiger partial charge in [0.15, 0.2) is 0 Å². The number of methoxy groups -OCH3 is 1. The Bertz CT molecular complexity index is 1690. The van der Waals surface area contributed by atoms with Gasteiger partial charge in [-0.1, -0.05) is 48.0 Å². The standard InChI is InChI=1S/C33H30ClN3O4/c1-40-33(20-24-4-2-3-5-28(24)22-6-8-25(34)9-7-22)13-16-37(17-14-33)26-10-11-29(32(38)39)30(19-26)41-27-18-23-12-15-35-31(23)36-21-27/h2-12,15,18-19,21H,13-14,16-17,20H2,1H3,(H,35,36)(H,38,39). The van der Waals surface area contributed by atoms with Crippen molar-refractivity contribution in [3.05, 3.63) is 107 Å². The first-order valence-electron chi connectivity index (χ1n) is 13.6. The number of benzene rings is 3. The van der Waals surface area contributed by atoms with E-state index in [1.807, 2.05) is 30.3 Å². The van der Waals surface area contributed by atoms with Gasteiger partial charge < -0.3 is 24.5 Å². The molecule has 1 fully saturated rings. The Morgan fingerprint density at radius 2 is 1.83 bits per heavy atom. The molecule has 6 rings (SSSR count). The number of aromatic nitrogens is 2. The summed E-state index contributed by atoms with van der Waals surface area (Å²) in [5, 5.41) is 11.4. The number of carboxylic acid groups (broad SMARTS) is 1. The number of pyridine rings is 1. The second-order valence-electron chi connectivity index (χ2n) is 10.4. The third-order valence-corrected chi connectivity index (χ3v) is 8.21. The van der Waals surface area contributed by atoms with Gasteiger partial charge in [0, 0.05) is 55.0 Å². The normalized spacial score (nSPS) is 14.7. The first kappa shape index (κ1) is 26.9. The number of rotatable bonds is 8. The molecule has 0 unspecified atom stereocenters. The molecular weight excluding hydrogens is 538 g/mol. The zero-order valence-electron chi connectivity index (χ0n) is 22.6. The number of aromatic amines is 1. The van der Waals surface area contributed by atoms with Crippen molar-refractivity contribution in [2.24, 2.45) is 0 Å². The fourth-order valence-corrected chi connectivity index (χ4v) is 5.76. The summed E-state index contributed by atoms with van der Waals surface area (Å²) in [6.07, 6.45) is 5.83. The van der Waals surface area contributed by atoms with E-state index in [9.17, 15) is 9.90 Å². The van der Waals surface area contributed by atoms with Gasteiger partial charge in [0.25, 0.3) is 0 Å². The fourth-order valence-electron chi connectivity index (χ4n) is 5.63. The van der Waals surface area contributed by atoms with Gasteiger partial charge in [0.1, 0.15) is 22.7 Å². The molecule has 2 N–H and O–H groups in total. The summed E-state index contributed by atoms with van der Waals surface area (Å²) >= 11 is 6.13. The molecule has 0 aliphatic carbocycles. The molecule has 1 aliphatic rings. The maximum atomic E-state index is 12.0. The average Bonchev–Trinajstić information content (AvgIpc) is 3.46. The van der Waals surface area contributed by atoms with Crippen LogP contribution in [0.1, 0.15) is 28.8 Å². The van der Waals surface area contributed by atoms with E-state index in [1.54, 1.807) is 31.6 Å². The van der Waals surface area contributed by atoms with Crippen molar-refractivity contribution < 1.29 is 19.4 Å². The highest BCUT2D eigenvalue weighted by molar-refractivity contribution is 6.30. The molecule has 1 aliphatic heterocycles. The molecule has 41 heavy (non-hydrogen) atoms. The Hall–Kier alpha value is -4.33. The van der Waals surface area contributed by atoms with Crippen LogP contribution in [-0.4, -0.2) is 46.8 Å². The van der Waals surface area contributed by atoms with Crippen molar-refractivity contribution in [2.45, 2.75) is 24.9 Å². The quantitative estimate of drug-likeness (QED) is 0.201. The number of hydrogen-bond donors (Lipinski definition) is 2. The monoisotopic (exact) mass is 567 g/mol. The minimum atomic E-state index is -1.04. The Morgan fingerprint density at radius 1 is 1.05 bits per heavy atom. The van der Waals surface area contributed by atoms with Crippen LogP contribution in [0.15, 0.2) is 91.3 Å². The van der Waals surface area contributed by atoms with Crippen LogP contribution >= 0.6 is 11.6 Å². The van der Waals surface area contributed by atoms with E-state index in [-0.39, 0.29) is 16.9 Å². The third-order valence-electron chi connectivity index (χ3n) is 7.96. The van der Waals surface area contributed by atoms with E-state index < -0.39 is 5.97 Å². The van der Waals surface area contributed by atoms with Crippen LogP contribution in [0.5, 0.6) is 11.5 Å².